The molecule has 1 amide bonds. The lowest BCUT2D eigenvalue weighted by Crippen LogP contribution is -2.14. The third kappa shape index (κ3) is 4.87. The van der Waals surface area contributed by atoms with Crippen LogP contribution in [0.4, 0.5) is 5.69 Å². The normalized spacial score (nSPS) is 10.9. The van der Waals surface area contributed by atoms with Crippen LogP contribution in [-0.4, -0.2) is 26.4 Å². The predicted octanol–water partition coefficient (Wildman–Crippen LogP) is 6.34. The molecule has 2 heterocycles. The van der Waals surface area contributed by atoms with Crippen LogP contribution in [-0.2, 0) is 4.79 Å². The number of nitrogens with zero attached hydrogens (tertiary/aromatic N) is 3. The summed E-state index contributed by atoms with van der Waals surface area (Å²) in [5.41, 5.74) is 2.66. The van der Waals surface area contributed by atoms with Gasteiger partial charge in [-0.05, 0) is 48.7 Å². The third-order valence-electron chi connectivity index (χ3n) is 4.15. The fourth-order valence-electron chi connectivity index (χ4n) is 2.81. The second-order valence-electron chi connectivity index (χ2n) is 6.45. The lowest BCUT2D eigenvalue weighted by atomic mass is 10.2. The smallest absolute Gasteiger partial charge is 0.234 e. The van der Waals surface area contributed by atoms with Crippen LogP contribution in [0, 0.1) is 6.92 Å². The molecule has 0 aliphatic heterocycles. The summed E-state index contributed by atoms with van der Waals surface area (Å²) >= 11 is 14.9. The Bertz CT molecular complexity index is 1150. The lowest BCUT2D eigenvalue weighted by Gasteiger charge is -2.10. The number of aryl methyl sites for hydroxylation is 1. The van der Waals surface area contributed by atoms with Crippen molar-refractivity contribution in [3.63, 3.8) is 0 Å². The number of aromatic nitrogens is 3. The molecule has 5 nitrogen and oxygen atoms in total. The topological polar surface area (TPSA) is 59.8 Å². The molecule has 0 unspecified atom stereocenters. The zero-order chi connectivity index (χ0) is 21.1. The van der Waals surface area contributed by atoms with Crippen molar-refractivity contribution in [2.45, 2.75) is 12.1 Å². The van der Waals surface area contributed by atoms with Crippen molar-refractivity contribution < 1.29 is 4.79 Å². The molecule has 4 rings (SSSR count). The van der Waals surface area contributed by atoms with Crippen molar-refractivity contribution >= 4 is 57.9 Å². The Balaban J connectivity index is 1.56. The molecule has 0 fully saturated rings. The number of thioether (sulfide) groups is 1. The monoisotopic (exact) mass is 474 g/mol. The van der Waals surface area contributed by atoms with E-state index >= 15 is 0 Å². The molecule has 2 aromatic carbocycles. The van der Waals surface area contributed by atoms with E-state index in [-0.39, 0.29) is 11.7 Å². The Morgan fingerprint density at radius 2 is 1.83 bits per heavy atom. The predicted molar refractivity (Wildman–Crippen MR) is 125 cm³/mol. The number of thiophene rings is 1. The first-order valence-electron chi connectivity index (χ1n) is 8.95. The van der Waals surface area contributed by atoms with Crippen LogP contribution in [0.3, 0.4) is 0 Å². The maximum atomic E-state index is 12.5. The molecule has 0 bridgehead atoms. The maximum Gasteiger partial charge on any atom is 0.234 e. The van der Waals surface area contributed by atoms with Gasteiger partial charge in [0.15, 0.2) is 11.0 Å². The zero-order valence-corrected chi connectivity index (χ0v) is 18.9. The number of anilines is 1. The Morgan fingerprint density at radius 3 is 2.50 bits per heavy atom. The summed E-state index contributed by atoms with van der Waals surface area (Å²) in [6, 6.07) is 17.0. The SMILES string of the molecule is Cc1ccc(-n2c(SCC(=O)Nc3cc(Cl)cc(Cl)c3)nnc2-c2cccs2)cc1. The van der Waals surface area contributed by atoms with Crippen LogP contribution in [0.2, 0.25) is 10.0 Å². The largest absolute Gasteiger partial charge is 0.325 e. The summed E-state index contributed by atoms with van der Waals surface area (Å²) in [6.45, 7) is 2.04. The number of carbonyl (C=O) groups is 1. The quantitative estimate of drug-likeness (QED) is 0.331. The number of carbonyl (C=O) groups excluding carboxylic acids is 1. The summed E-state index contributed by atoms with van der Waals surface area (Å²) in [4.78, 5) is 13.5. The zero-order valence-electron chi connectivity index (χ0n) is 15.8. The Hall–Kier alpha value is -2.32. The molecule has 0 spiro atoms. The Morgan fingerprint density at radius 1 is 1.10 bits per heavy atom. The third-order valence-corrected chi connectivity index (χ3v) is 6.38. The molecule has 0 radical (unpaired) electrons. The van der Waals surface area contributed by atoms with E-state index in [9.17, 15) is 4.79 Å². The van der Waals surface area contributed by atoms with E-state index in [0.29, 0.717) is 20.9 Å². The highest BCUT2D eigenvalue weighted by molar-refractivity contribution is 7.99. The van der Waals surface area contributed by atoms with E-state index in [1.165, 1.54) is 17.3 Å². The van der Waals surface area contributed by atoms with E-state index < -0.39 is 0 Å². The maximum absolute atomic E-state index is 12.5. The molecular formula is C21H16Cl2N4OS2. The summed E-state index contributed by atoms with van der Waals surface area (Å²) in [6.07, 6.45) is 0. The average molecular weight is 475 g/mol. The number of amides is 1. The summed E-state index contributed by atoms with van der Waals surface area (Å²) < 4.78 is 1.97. The van der Waals surface area contributed by atoms with Crippen molar-refractivity contribution in [2.75, 3.05) is 11.1 Å². The van der Waals surface area contributed by atoms with Gasteiger partial charge in [0, 0.05) is 21.4 Å². The summed E-state index contributed by atoms with van der Waals surface area (Å²) in [7, 11) is 0. The van der Waals surface area contributed by atoms with Crippen LogP contribution in [0.25, 0.3) is 16.4 Å². The van der Waals surface area contributed by atoms with Gasteiger partial charge < -0.3 is 5.32 Å². The van der Waals surface area contributed by atoms with Crippen LogP contribution >= 0.6 is 46.3 Å². The van der Waals surface area contributed by atoms with Gasteiger partial charge in [-0.2, -0.15) is 0 Å². The number of hydrogen-bond donors (Lipinski definition) is 1. The molecule has 1 N–H and O–H groups in total. The molecule has 0 aliphatic carbocycles. The fourth-order valence-corrected chi connectivity index (χ4v) is 4.78. The minimum absolute atomic E-state index is 0.165. The van der Waals surface area contributed by atoms with Gasteiger partial charge in [0.1, 0.15) is 0 Å². The van der Waals surface area contributed by atoms with Crippen molar-refractivity contribution in [1.29, 1.82) is 0 Å². The minimum Gasteiger partial charge on any atom is -0.325 e. The fraction of sp³-hybridized carbons (Fsp3) is 0.0952. The Labute approximate surface area is 192 Å². The molecule has 2 aromatic heterocycles. The number of benzene rings is 2. The van der Waals surface area contributed by atoms with Crippen molar-refractivity contribution in [2.24, 2.45) is 0 Å². The second-order valence-corrected chi connectivity index (χ2v) is 9.21. The van der Waals surface area contributed by atoms with Crippen LogP contribution in [0.5, 0.6) is 0 Å². The summed E-state index contributed by atoms with van der Waals surface area (Å²) in [5, 5.41) is 15.1. The number of halogens is 2. The number of rotatable bonds is 6. The minimum atomic E-state index is -0.186. The van der Waals surface area contributed by atoms with Gasteiger partial charge in [0.25, 0.3) is 0 Å². The van der Waals surface area contributed by atoms with E-state index in [1.807, 2.05) is 53.3 Å². The van der Waals surface area contributed by atoms with Crippen LogP contribution in [0.15, 0.2) is 65.1 Å². The molecule has 9 heteroatoms. The van der Waals surface area contributed by atoms with E-state index in [2.05, 4.69) is 15.5 Å². The number of nitrogens with one attached hydrogen (secondary N) is 1. The molecule has 30 heavy (non-hydrogen) atoms. The average Bonchev–Trinajstić information content (AvgIpc) is 3.36. The Kier molecular flexibility index (Phi) is 6.43. The van der Waals surface area contributed by atoms with Gasteiger partial charge in [-0.1, -0.05) is 58.7 Å². The standard InChI is InChI=1S/C21H16Cl2N4OS2/c1-13-4-6-17(7-5-13)27-20(18-3-2-8-29-18)25-26-21(27)30-12-19(28)24-16-10-14(22)9-15(23)11-16/h2-11H,12H2,1H3,(H,24,28). The van der Waals surface area contributed by atoms with Crippen LogP contribution in [0.1, 0.15) is 5.56 Å². The highest BCUT2D eigenvalue weighted by Crippen LogP contribution is 2.31. The first kappa shape index (κ1) is 20.9. The van der Waals surface area contributed by atoms with Crippen LogP contribution < -0.4 is 5.32 Å². The van der Waals surface area contributed by atoms with Gasteiger partial charge >= 0.3 is 0 Å². The highest BCUT2D eigenvalue weighted by Gasteiger charge is 2.18. The molecule has 152 valence electrons. The van der Waals surface area contributed by atoms with E-state index in [1.54, 1.807) is 29.5 Å². The second kappa shape index (κ2) is 9.22. The van der Waals surface area contributed by atoms with Crippen molar-refractivity contribution in [3.8, 4) is 16.4 Å². The van der Waals surface area contributed by atoms with E-state index in [0.717, 1.165) is 16.4 Å². The molecule has 0 saturated heterocycles. The highest BCUT2D eigenvalue weighted by atomic mass is 35.5. The van der Waals surface area contributed by atoms with Gasteiger partial charge in [-0.25, -0.2) is 0 Å². The molecular weight excluding hydrogens is 459 g/mol. The van der Waals surface area contributed by atoms with Gasteiger partial charge in [0.2, 0.25) is 5.91 Å². The van der Waals surface area contributed by atoms with Crippen molar-refractivity contribution in [3.05, 3.63) is 75.6 Å². The number of hydrogen-bond acceptors (Lipinski definition) is 5. The molecule has 4 aromatic rings. The first-order valence-corrected chi connectivity index (χ1v) is 11.6. The lowest BCUT2D eigenvalue weighted by molar-refractivity contribution is -0.113. The molecule has 0 atom stereocenters. The first-order chi connectivity index (χ1) is 14.5. The molecule has 0 aliphatic rings. The van der Waals surface area contributed by atoms with Gasteiger partial charge in [0.05, 0.1) is 10.6 Å². The van der Waals surface area contributed by atoms with Crippen molar-refractivity contribution in [1.82, 2.24) is 14.8 Å². The van der Waals surface area contributed by atoms with Gasteiger partial charge in [-0.15, -0.1) is 21.5 Å². The molecule has 0 saturated carbocycles. The van der Waals surface area contributed by atoms with E-state index in [4.69, 9.17) is 23.2 Å². The van der Waals surface area contributed by atoms with Gasteiger partial charge in [-0.3, -0.25) is 9.36 Å². The summed E-state index contributed by atoms with van der Waals surface area (Å²) in [5.74, 6) is 0.728.